The lowest BCUT2D eigenvalue weighted by Crippen LogP contribution is -2.51. The van der Waals surface area contributed by atoms with Gasteiger partial charge in [0, 0.05) is 62.0 Å². The van der Waals surface area contributed by atoms with Crippen LogP contribution in [-0.4, -0.2) is 79.4 Å². The minimum absolute atomic E-state index is 0.0776. The largest absolute Gasteiger partial charge is 0.380 e. The minimum atomic E-state index is -0.323. The minimum Gasteiger partial charge on any atom is -0.380 e. The van der Waals surface area contributed by atoms with Crippen molar-refractivity contribution in [1.29, 1.82) is 0 Å². The van der Waals surface area contributed by atoms with Gasteiger partial charge < -0.3 is 14.5 Å². The van der Waals surface area contributed by atoms with Crippen LogP contribution in [0.25, 0.3) is 10.1 Å². The number of halogens is 1. The summed E-state index contributed by atoms with van der Waals surface area (Å²) in [6, 6.07) is 4.92. The van der Waals surface area contributed by atoms with Crippen LogP contribution in [0, 0.1) is 5.82 Å². The fourth-order valence-corrected chi connectivity index (χ4v) is 5.68. The maximum Gasteiger partial charge on any atom is 0.264 e. The molecule has 2 saturated heterocycles. The molecule has 0 aliphatic carbocycles. The van der Waals surface area contributed by atoms with Crippen LogP contribution in [0.1, 0.15) is 40.9 Å². The van der Waals surface area contributed by atoms with E-state index in [0.717, 1.165) is 30.6 Å². The van der Waals surface area contributed by atoms with E-state index in [2.05, 4.69) is 4.90 Å². The van der Waals surface area contributed by atoms with E-state index in [1.54, 1.807) is 13.2 Å². The third-order valence-electron chi connectivity index (χ3n) is 6.22. The van der Waals surface area contributed by atoms with Crippen molar-refractivity contribution in [3.05, 3.63) is 34.5 Å². The van der Waals surface area contributed by atoms with Crippen LogP contribution in [0.5, 0.6) is 0 Å². The molecular formula is C23H30FN3O3S. The van der Waals surface area contributed by atoms with Crippen molar-refractivity contribution in [2.45, 2.75) is 32.3 Å². The van der Waals surface area contributed by atoms with Crippen LogP contribution in [0.3, 0.4) is 0 Å². The molecule has 0 spiro atoms. The Bertz CT molecular complexity index is 932. The molecule has 0 N–H and O–H groups in total. The molecule has 0 atom stereocenters. The number of rotatable bonds is 5. The van der Waals surface area contributed by atoms with E-state index in [9.17, 15) is 14.0 Å². The number of thiophene rings is 1. The van der Waals surface area contributed by atoms with Gasteiger partial charge >= 0.3 is 0 Å². The first-order chi connectivity index (χ1) is 15.1. The number of benzene rings is 1. The Morgan fingerprint density at radius 3 is 2.39 bits per heavy atom. The summed E-state index contributed by atoms with van der Waals surface area (Å²) in [5.41, 5.74) is 0.629. The van der Waals surface area contributed by atoms with E-state index >= 15 is 0 Å². The SMILES string of the molecule is COCc1c(C(=O)N2CCN(CC(=O)N3CCCCCC3)CC2)sc2cccc(F)c12. The first kappa shape index (κ1) is 22.2. The van der Waals surface area contributed by atoms with Crippen molar-refractivity contribution >= 4 is 33.2 Å². The van der Waals surface area contributed by atoms with Crippen molar-refractivity contribution < 1.29 is 18.7 Å². The Kier molecular flexibility index (Phi) is 7.20. The van der Waals surface area contributed by atoms with Crippen LogP contribution in [0.2, 0.25) is 0 Å². The summed E-state index contributed by atoms with van der Waals surface area (Å²) >= 11 is 1.33. The molecule has 2 aromatic rings. The molecule has 0 saturated carbocycles. The van der Waals surface area contributed by atoms with Gasteiger partial charge in [0.1, 0.15) is 5.82 Å². The van der Waals surface area contributed by atoms with Crippen molar-refractivity contribution in [2.75, 3.05) is 52.9 Å². The summed E-state index contributed by atoms with van der Waals surface area (Å²) < 4.78 is 20.5. The molecule has 1 aromatic heterocycles. The monoisotopic (exact) mass is 447 g/mol. The fourth-order valence-electron chi connectivity index (χ4n) is 4.49. The molecule has 168 valence electrons. The van der Waals surface area contributed by atoms with Crippen molar-refractivity contribution in [3.63, 3.8) is 0 Å². The van der Waals surface area contributed by atoms with Gasteiger partial charge in [-0.3, -0.25) is 14.5 Å². The lowest BCUT2D eigenvalue weighted by molar-refractivity contribution is -0.132. The second-order valence-corrected chi connectivity index (χ2v) is 9.37. The number of nitrogens with zero attached hydrogens (tertiary/aromatic N) is 3. The number of piperazine rings is 1. The number of likely N-dealkylation sites (tertiary alicyclic amines) is 1. The molecule has 3 heterocycles. The lowest BCUT2D eigenvalue weighted by atomic mass is 10.1. The molecule has 4 rings (SSSR count). The normalized spacial score (nSPS) is 18.4. The van der Waals surface area contributed by atoms with E-state index in [4.69, 9.17) is 4.74 Å². The highest BCUT2D eigenvalue weighted by atomic mass is 32.1. The summed E-state index contributed by atoms with van der Waals surface area (Å²) in [5.74, 6) is -0.202. The highest BCUT2D eigenvalue weighted by molar-refractivity contribution is 7.21. The van der Waals surface area contributed by atoms with Crippen LogP contribution in [0.15, 0.2) is 18.2 Å². The van der Waals surface area contributed by atoms with Gasteiger partial charge in [0.15, 0.2) is 0 Å². The Morgan fingerprint density at radius 1 is 1.00 bits per heavy atom. The highest BCUT2D eigenvalue weighted by Crippen LogP contribution is 2.34. The summed E-state index contributed by atoms with van der Waals surface area (Å²) in [7, 11) is 1.55. The zero-order chi connectivity index (χ0) is 21.8. The van der Waals surface area contributed by atoms with Crippen molar-refractivity contribution in [3.8, 4) is 0 Å². The molecule has 8 heteroatoms. The van der Waals surface area contributed by atoms with E-state index < -0.39 is 0 Å². The molecule has 6 nitrogen and oxygen atoms in total. The third kappa shape index (κ3) is 4.91. The predicted molar refractivity (Wildman–Crippen MR) is 120 cm³/mol. The average Bonchev–Trinajstić information content (AvgIpc) is 2.95. The Balaban J connectivity index is 1.40. The van der Waals surface area contributed by atoms with Gasteiger partial charge in [-0.15, -0.1) is 11.3 Å². The first-order valence-corrected chi connectivity index (χ1v) is 11.9. The van der Waals surface area contributed by atoms with Crippen LogP contribution in [-0.2, 0) is 16.1 Å². The molecule has 0 unspecified atom stereocenters. The zero-order valence-corrected chi connectivity index (χ0v) is 18.9. The van der Waals surface area contributed by atoms with E-state index in [0.29, 0.717) is 48.6 Å². The summed E-state index contributed by atoms with van der Waals surface area (Å²) in [6.45, 7) is 4.82. The predicted octanol–water partition coefficient (Wildman–Crippen LogP) is 3.35. The molecule has 2 amide bonds. The van der Waals surface area contributed by atoms with Crippen LogP contribution in [0.4, 0.5) is 4.39 Å². The molecule has 0 radical (unpaired) electrons. The second-order valence-electron chi connectivity index (χ2n) is 8.32. The number of carbonyl (C=O) groups excluding carboxylic acids is 2. The van der Waals surface area contributed by atoms with Gasteiger partial charge in [-0.25, -0.2) is 4.39 Å². The summed E-state index contributed by atoms with van der Waals surface area (Å²) in [4.78, 5) is 32.4. The van der Waals surface area contributed by atoms with Gasteiger partial charge in [0.2, 0.25) is 5.91 Å². The molecule has 31 heavy (non-hydrogen) atoms. The van der Waals surface area contributed by atoms with Gasteiger partial charge in [-0.05, 0) is 25.0 Å². The number of fused-ring (bicyclic) bond motifs is 1. The number of hydrogen-bond donors (Lipinski definition) is 0. The maximum absolute atomic E-state index is 14.4. The van der Waals surface area contributed by atoms with Gasteiger partial charge in [-0.1, -0.05) is 18.9 Å². The number of hydrogen-bond acceptors (Lipinski definition) is 5. The van der Waals surface area contributed by atoms with Crippen molar-refractivity contribution in [2.24, 2.45) is 0 Å². The zero-order valence-electron chi connectivity index (χ0n) is 18.1. The Labute approximate surface area is 186 Å². The Morgan fingerprint density at radius 2 is 1.71 bits per heavy atom. The molecule has 2 aliphatic rings. The van der Waals surface area contributed by atoms with E-state index in [1.165, 1.54) is 30.2 Å². The number of carbonyl (C=O) groups is 2. The number of methoxy groups -OCH3 is 1. The average molecular weight is 448 g/mol. The second kappa shape index (κ2) is 10.1. The Hall–Kier alpha value is -2.03. The van der Waals surface area contributed by atoms with Gasteiger partial charge in [0.05, 0.1) is 18.0 Å². The molecule has 0 bridgehead atoms. The van der Waals surface area contributed by atoms with E-state index in [1.807, 2.05) is 15.9 Å². The van der Waals surface area contributed by atoms with Gasteiger partial charge in [-0.2, -0.15) is 0 Å². The van der Waals surface area contributed by atoms with Gasteiger partial charge in [0.25, 0.3) is 5.91 Å². The highest BCUT2D eigenvalue weighted by Gasteiger charge is 2.28. The number of ether oxygens (including phenoxy) is 1. The molecular weight excluding hydrogens is 417 g/mol. The maximum atomic E-state index is 14.4. The smallest absolute Gasteiger partial charge is 0.264 e. The lowest BCUT2D eigenvalue weighted by Gasteiger charge is -2.35. The number of amides is 2. The van der Waals surface area contributed by atoms with Crippen LogP contribution < -0.4 is 0 Å². The topological polar surface area (TPSA) is 53.1 Å². The van der Waals surface area contributed by atoms with E-state index in [-0.39, 0.29) is 24.2 Å². The molecule has 2 fully saturated rings. The third-order valence-corrected chi connectivity index (χ3v) is 7.41. The quantitative estimate of drug-likeness (QED) is 0.706. The summed E-state index contributed by atoms with van der Waals surface area (Å²) in [6.07, 6.45) is 4.59. The fraction of sp³-hybridized carbons (Fsp3) is 0.565. The van der Waals surface area contributed by atoms with Crippen LogP contribution >= 0.6 is 11.3 Å². The molecule has 2 aliphatic heterocycles. The standard InChI is InChI=1S/C23H30FN3O3S/c1-30-16-17-21-18(24)7-6-8-19(21)31-22(17)23(29)27-13-11-25(12-14-27)15-20(28)26-9-4-2-3-5-10-26/h6-8H,2-5,9-16H2,1H3. The van der Waals surface area contributed by atoms with Crippen molar-refractivity contribution in [1.82, 2.24) is 14.7 Å². The summed E-state index contributed by atoms with van der Waals surface area (Å²) in [5, 5.41) is 0.486. The molecule has 1 aromatic carbocycles. The first-order valence-electron chi connectivity index (χ1n) is 11.1.